The fourth-order valence-electron chi connectivity index (χ4n) is 0.577. The van der Waals surface area contributed by atoms with E-state index in [2.05, 4.69) is 6.58 Å². The number of carboxylic acid groups (broad SMARTS) is 1. The lowest BCUT2D eigenvalue weighted by molar-refractivity contribution is 0.0662. The molecule has 0 radical (unpaired) electrons. The van der Waals surface area contributed by atoms with E-state index in [0.29, 0.717) is 5.76 Å². The van der Waals surface area contributed by atoms with Gasteiger partial charge in [0.25, 0.3) is 0 Å². The molecule has 0 unspecified atom stereocenters. The van der Waals surface area contributed by atoms with Crippen LogP contribution in [-0.4, -0.2) is 11.1 Å². The van der Waals surface area contributed by atoms with Gasteiger partial charge in [-0.2, -0.15) is 0 Å². The first kappa shape index (κ1) is 6.61. The maximum Gasteiger partial charge on any atom is 0.371 e. The van der Waals surface area contributed by atoms with Crippen LogP contribution in [0.5, 0.6) is 0 Å². The lowest BCUT2D eigenvalue weighted by Crippen LogP contribution is -1.91. The molecule has 0 aliphatic heterocycles. The van der Waals surface area contributed by atoms with Crippen LogP contribution < -0.4 is 0 Å². The summed E-state index contributed by atoms with van der Waals surface area (Å²) in [5.41, 5.74) is 0. The van der Waals surface area contributed by atoms with E-state index < -0.39 is 5.97 Å². The second-order valence-electron chi connectivity index (χ2n) is 1.71. The van der Waals surface area contributed by atoms with Gasteiger partial charge in [-0.05, 0) is 18.2 Å². The molecule has 3 heteroatoms. The van der Waals surface area contributed by atoms with E-state index in [9.17, 15) is 4.79 Å². The minimum absolute atomic E-state index is 0.0603. The van der Waals surface area contributed by atoms with Crippen LogP contribution in [0.15, 0.2) is 23.1 Å². The van der Waals surface area contributed by atoms with Crippen molar-refractivity contribution in [1.29, 1.82) is 0 Å². The van der Waals surface area contributed by atoms with Crippen molar-refractivity contribution in [2.24, 2.45) is 0 Å². The van der Waals surface area contributed by atoms with Crippen LogP contribution in [0.25, 0.3) is 6.08 Å². The van der Waals surface area contributed by atoms with Gasteiger partial charge in [-0.25, -0.2) is 4.79 Å². The standard InChI is InChI=1S/C7H6O3/c1-2-5-3-4-6(10-5)7(8)9/h2-4H,1H2,(H,8,9). The van der Waals surface area contributed by atoms with Gasteiger partial charge in [0.05, 0.1) is 0 Å². The zero-order valence-electron chi connectivity index (χ0n) is 5.20. The predicted molar refractivity (Wildman–Crippen MR) is 35.8 cm³/mol. The minimum Gasteiger partial charge on any atom is -0.475 e. The Morgan fingerprint density at radius 2 is 2.40 bits per heavy atom. The van der Waals surface area contributed by atoms with Gasteiger partial charge in [0.1, 0.15) is 5.76 Å². The Morgan fingerprint density at radius 3 is 2.70 bits per heavy atom. The zero-order valence-corrected chi connectivity index (χ0v) is 5.20. The highest BCUT2D eigenvalue weighted by Crippen LogP contribution is 2.07. The van der Waals surface area contributed by atoms with E-state index in [0.717, 1.165) is 0 Å². The third-order valence-electron chi connectivity index (χ3n) is 1.04. The molecule has 0 amide bonds. The molecule has 3 nitrogen and oxygen atoms in total. The molecular formula is C7H6O3. The Morgan fingerprint density at radius 1 is 1.70 bits per heavy atom. The van der Waals surface area contributed by atoms with E-state index in [1.165, 1.54) is 12.1 Å². The highest BCUT2D eigenvalue weighted by molar-refractivity contribution is 5.84. The summed E-state index contributed by atoms with van der Waals surface area (Å²) in [5, 5.41) is 8.37. The first-order chi connectivity index (χ1) is 4.74. The monoisotopic (exact) mass is 138 g/mol. The number of carboxylic acids is 1. The Hall–Kier alpha value is -1.51. The maximum absolute atomic E-state index is 10.2. The molecule has 10 heavy (non-hydrogen) atoms. The summed E-state index contributed by atoms with van der Waals surface area (Å²) in [6.07, 6.45) is 1.45. The van der Waals surface area contributed by atoms with Crippen molar-refractivity contribution in [2.75, 3.05) is 0 Å². The number of hydrogen-bond acceptors (Lipinski definition) is 2. The number of carbonyl (C=O) groups is 1. The summed E-state index contributed by atoms with van der Waals surface area (Å²) in [6, 6.07) is 2.94. The highest BCUT2D eigenvalue weighted by atomic mass is 16.4. The number of furan rings is 1. The molecule has 52 valence electrons. The van der Waals surface area contributed by atoms with Crippen LogP contribution in [0.4, 0.5) is 0 Å². The van der Waals surface area contributed by atoms with E-state index in [-0.39, 0.29) is 5.76 Å². The Balaban J connectivity index is 2.98. The van der Waals surface area contributed by atoms with Crippen molar-refractivity contribution in [3.05, 3.63) is 30.2 Å². The van der Waals surface area contributed by atoms with Gasteiger partial charge in [0.2, 0.25) is 5.76 Å². The first-order valence-electron chi connectivity index (χ1n) is 2.69. The molecule has 1 heterocycles. The molecule has 0 bridgehead atoms. The Kier molecular flexibility index (Phi) is 1.58. The molecule has 1 aromatic heterocycles. The Bertz CT molecular complexity index is 260. The number of hydrogen-bond donors (Lipinski definition) is 1. The van der Waals surface area contributed by atoms with Crippen LogP contribution >= 0.6 is 0 Å². The predicted octanol–water partition coefficient (Wildman–Crippen LogP) is 1.62. The summed E-state index contributed by atoms with van der Waals surface area (Å²) >= 11 is 0. The highest BCUT2D eigenvalue weighted by Gasteiger charge is 2.05. The van der Waals surface area contributed by atoms with Crippen LogP contribution in [0.3, 0.4) is 0 Å². The molecule has 0 aromatic carbocycles. The molecule has 1 aromatic rings. The van der Waals surface area contributed by atoms with E-state index >= 15 is 0 Å². The summed E-state index contributed by atoms with van der Waals surface area (Å²) in [6.45, 7) is 3.42. The molecule has 0 spiro atoms. The molecule has 0 fully saturated rings. The average Bonchev–Trinajstić information content (AvgIpc) is 2.34. The SMILES string of the molecule is C=Cc1ccc(C(=O)O)o1. The maximum atomic E-state index is 10.2. The van der Waals surface area contributed by atoms with Crippen molar-refractivity contribution in [3.63, 3.8) is 0 Å². The van der Waals surface area contributed by atoms with Crippen molar-refractivity contribution in [3.8, 4) is 0 Å². The average molecular weight is 138 g/mol. The molecule has 0 atom stereocenters. The lowest BCUT2D eigenvalue weighted by Gasteiger charge is -1.83. The summed E-state index contributed by atoms with van der Waals surface area (Å²) in [4.78, 5) is 10.2. The van der Waals surface area contributed by atoms with Crippen LogP contribution in [-0.2, 0) is 0 Å². The molecule has 0 aliphatic carbocycles. The second kappa shape index (κ2) is 2.39. The molecular weight excluding hydrogens is 132 g/mol. The molecule has 0 aliphatic rings. The van der Waals surface area contributed by atoms with Gasteiger partial charge in [-0.15, -0.1) is 0 Å². The largest absolute Gasteiger partial charge is 0.475 e. The smallest absolute Gasteiger partial charge is 0.371 e. The second-order valence-corrected chi connectivity index (χ2v) is 1.71. The van der Waals surface area contributed by atoms with Gasteiger partial charge in [-0.3, -0.25) is 0 Å². The van der Waals surface area contributed by atoms with Crippen molar-refractivity contribution in [1.82, 2.24) is 0 Å². The summed E-state index contributed by atoms with van der Waals surface area (Å²) in [7, 11) is 0. The van der Waals surface area contributed by atoms with Gasteiger partial charge in [0, 0.05) is 0 Å². The van der Waals surface area contributed by atoms with Gasteiger partial charge < -0.3 is 9.52 Å². The zero-order chi connectivity index (χ0) is 7.56. The Labute approximate surface area is 57.6 Å². The molecule has 0 saturated carbocycles. The topological polar surface area (TPSA) is 50.4 Å². The van der Waals surface area contributed by atoms with E-state index in [4.69, 9.17) is 9.52 Å². The summed E-state index contributed by atoms with van der Waals surface area (Å²) in [5.74, 6) is -0.652. The molecule has 1 N–H and O–H groups in total. The number of aromatic carboxylic acids is 1. The third kappa shape index (κ3) is 1.07. The van der Waals surface area contributed by atoms with Gasteiger partial charge in [-0.1, -0.05) is 6.58 Å². The minimum atomic E-state index is -1.06. The number of rotatable bonds is 2. The summed E-state index contributed by atoms with van der Waals surface area (Å²) < 4.78 is 4.78. The van der Waals surface area contributed by atoms with Crippen LogP contribution in [0, 0.1) is 0 Å². The van der Waals surface area contributed by atoms with Crippen molar-refractivity contribution in [2.45, 2.75) is 0 Å². The molecule has 0 saturated heterocycles. The normalized spacial score (nSPS) is 9.20. The fraction of sp³-hybridized carbons (Fsp3) is 0. The van der Waals surface area contributed by atoms with Crippen LogP contribution in [0.1, 0.15) is 16.3 Å². The molecule has 1 rings (SSSR count). The first-order valence-corrected chi connectivity index (χ1v) is 2.69. The fourth-order valence-corrected chi connectivity index (χ4v) is 0.577. The van der Waals surface area contributed by atoms with Crippen LogP contribution in [0.2, 0.25) is 0 Å². The van der Waals surface area contributed by atoms with Gasteiger partial charge >= 0.3 is 5.97 Å². The quantitative estimate of drug-likeness (QED) is 0.675. The third-order valence-corrected chi connectivity index (χ3v) is 1.04. The van der Waals surface area contributed by atoms with Crippen molar-refractivity contribution < 1.29 is 14.3 Å². The van der Waals surface area contributed by atoms with E-state index in [1.54, 1.807) is 6.07 Å². The van der Waals surface area contributed by atoms with E-state index in [1.807, 2.05) is 0 Å². The van der Waals surface area contributed by atoms with Gasteiger partial charge in [0.15, 0.2) is 0 Å². The van der Waals surface area contributed by atoms with Crippen molar-refractivity contribution >= 4 is 12.0 Å². The lowest BCUT2D eigenvalue weighted by atomic mass is 10.4.